The Hall–Kier alpha value is -3.29. The van der Waals surface area contributed by atoms with Crippen LogP contribution in [0.2, 0.25) is 0 Å². The van der Waals surface area contributed by atoms with Gasteiger partial charge in [-0.1, -0.05) is 0 Å². The maximum atomic E-state index is 13.2. The van der Waals surface area contributed by atoms with Crippen molar-refractivity contribution in [3.8, 4) is 12.1 Å². The summed E-state index contributed by atoms with van der Waals surface area (Å²) in [6, 6.07) is 5.01. The number of hydrogen-bond acceptors (Lipinski definition) is 4. The lowest BCUT2D eigenvalue weighted by Gasteiger charge is -2.27. The van der Waals surface area contributed by atoms with Crippen molar-refractivity contribution in [3.05, 3.63) is 69.8 Å². The number of nitriles is 2. The number of benzene rings is 2. The highest BCUT2D eigenvalue weighted by molar-refractivity contribution is 5.41. The smallest absolute Gasteiger partial charge is 0.387 e. The van der Waals surface area contributed by atoms with Gasteiger partial charge in [0.05, 0.1) is 40.5 Å². The lowest BCUT2D eigenvalue weighted by molar-refractivity contribution is -0.143. The van der Waals surface area contributed by atoms with E-state index in [1.807, 2.05) is 0 Å². The second-order valence-corrected chi connectivity index (χ2v) is 7.05. The van der Waals surface area contributed by atoms with Gasteiger partial charge in [-0.2, -0.15) is 50.0 Å². The summed E-state index contributed by atoms with van der Waals surface area (Å²) in [6.45, 7) is 0. The highest BCUT2D eigenvalue weighted by atomic mass is 19.4. The van der Waals surface area contributed by atoms with E-state index in [-0.39, 0.29) is 18.2 Å². The van der Waals surface area contributed by atoms with Gasteiger partial charge < -0.3 is 9.84 Å². The summed E-state index contributed by atoms with van der Waals surface area (Å²) in [4.78, 5) is 0. The predicted molar refractivity (Wildman–Crippen MR) is 96.4 cm³/mol. The van der Waals surface area contributed by atoms with Gasteiger partial charge >= 0.3 is 18.5 Å². The highest BCUT2D eigenvalue weighted by Crippen LogP contribution is 2.42. The molecule has 3 unspecified atom stereocenters. The van der Waals surface area contributed by atoms with Gasteiger partial charge in [-0.15, -0.1) is 0 Å². The average molecular weight is 496 g/mol. The lowest BCUT2D eigenvalue weighted by Crippen LogP contribution is -2.23. The summed E-state index contributed by atoms with van der Waals surface area (Å²) < 4.78 is 123. The van der Waals surface area contributed by atoms with Crippen LogP contribution < -0.4 is 0 Å². The molecule has 34 heavy (non-hydrogen) atoms. The number of aliphatic hydroxyl groups excluding tert-OH is 1. The van der Waals surface area contributed by atoms with Crippen molar-refractivity contribution >= 4 is 0 Å². The fraction of sp³-hybridized carbons (Fsp3) is 0.333. The van der Waals surface area contributed by atoms with Crippen molar-refractivity contribution in [1.82, 2.24) is 0 Å². The molecule has 0 fully saturated rings. The van der Waals surface area contributed by atoms with Crippen LogP contribution in [0.5, 0.6) is 0 Å². The molecule has 13 heteroatoms. The third-order valence-electron chi connectivity index (χ3n) is 4.76. The van der Waals surface area contributed by atoms with Gasteiger partial charge in [-0.25, -0.2) is 0 Å². The van der Waals surface area contributed by atoms with Crippen LogP contribution in [0.4, 0.5) is 39.5 Å². The van der Waals surface area contributed by atoms with E-state index in [0.29, 0.717) is 12.1 Å². The molecule has 0 amide bonds. The molecule has 0 aromatic heterocycles. The van der Waals surface area contributed by atoms with Crippen LogP contribution in [-0.4, -0.2) is 12.2 Å². The molecule has 2 aromatic rings. The number of hydrogen-bond donors (Lipinski definition) is 1. The molecule has 0 spiro atoms. The van der Waals surface area contributed by atoms with E-state index in [1.54, 1.807) is 0 Å². The van der Waals surface area contributed by atoms with Gasteiger partial charge in [0.25, 0.3) is 0 Å². The Labute approximate surface area is 186 Å². The number of alkyl halides is 9. The molecule has 2 aromatic carbocycles. The predicted octanol–water partition coefficient (Wildman–Crippen LogP) is 6.18. The quantitative estimate of drug-likeness (QED) is 0.502. The Morgan fingerprint density at radius 2 is 1.18 bits per heavy atom. The fourth-order valence-corrected chi connectivity index (χ4v) is 3.20. The molecule has 0 aliphatic rings. The van der Waals surface area contributed by atoms with Gasteiger partial charge in [0, 0.05) is 7.11 Å². The Morgan fingerprint density at radius 3 is 1.56 bits per heavy atom. The molecule has 0 heterocycles. The van der Waals surface area contributed by atoms with Gasteiger partial charge in [0.1, 0.15) is 12.0 Å². The highest BCUT2D eigenvalue weighted by Gasteiger charge is 2.40. The average Bonchev–Trinajstić information content (AvgIpc) is 2.74. The zero-order chi connectivity index (χ0) is 26.1. The first-order chi connectivity index (χ1) is 15.5. The number of aliphatic hydroxyl groups is 1. The molecule has 0 saturated heterocycles. The van der Waals surface area contributed by atoms with Gasteiger partial charge in [0.2, 0.25) is 0 Å². The minimum Gasteiger partial charge on any atom is -0.387 e. The lowest BCUT2D eigenvalue weighted by atomic mass is 9.86. The third kappa shape index (κ3) is 5.98. The SMILES string of the molecule is COC(c1cc(C(F)(F)F)cc(C(F)(F)F)c1)C(C#N)C(O)c1cc(C#N)cc(C(F)(F)F)c1. The number of nitrogens with zero attached hydrogens (tertiary/aromatic N) is 2. The van der Waals surface area contributed by atoms with E-state index in [1.165, 1.54) is 12.1 Å². The van der Waals surface area contributed by atoms with Crippen molar-refractivity contribution in [1.29, 1.82) is 10.5 Å². The summed E-state index contributed by atoms with van der Waals surface area (Å²) in [5, 5.41) is 29.1. The summed E-state index contributed by atoms with van der Waals surface area (Å²) in [6.07, 6.45) is -19.5. The van der Waals surface area contributed by atoms with Crippen LogP contribution in [0, 0.1) is 28.6 Å². The first kappa shape index (κ1) is 27.0. The zero-order valence-electron chi connectivity index (χ0n) is 16.8. The number of methoxy groups -OCH3 is 1. The first-order valence-electron chi connectivity index (χ1n) is 9.05. The second-order valence-electron chi connectivity index (χ2n) is 7.05. The van der Waals surface area contributed by atoms with E-state index in [4.69, 9.17) is 10.00 Å². The molecule has 0 aliphatic carbocycles. The third-order valence-corrected chi connectivity index (χ3v) is 4.76. The van der Waals surface area contributed by atoms with E-state index < -0.39 is 70.0 Å². The largest absolute Gasteiger partial charge is 0.416 e. The van der Waals surface area contributed by atoms with Crippen molar-refractivity contribution in [3.63, 3.8) is 0 Å². The zero-order valence-corrected chi connectivity index (χ0v) is 16.8. The molecular weight excluding hydrogens is 483 g/mol. The number of rotatable bonds is 5. The van der Waals surface area contributed by atoms with Crippen LogP contribution in [-0.2, 0) is 23.3 Å². The summed E-state index contributed by atoms with van der Waals surface area (Å²) >= 11 is 0. The number of ether oxygens (including phenoxy) is 1. The molecule has 0 aliphatic heterocycles. The Balaban J connectivity index is 2.65. The molecule has 1 N–H and O–H groups in total. The Kier molecular flexibility index (Phi) is 7.55. The maximum Gasteiger partial charge on any atom is 0.416 e. The van der Waals surface area contributed by atoms with Crippen molar-refractivity contribution in [2.45, 2.75) is 30.7 Å². The van der Waals surface area contributed by atoms with E-state index >= 15 is 0 Å². The van der Waals surface area contributed by atoms with Crippen LogP contribution >= 0.6 is 0 Å². The Morgan fingerprint density at radius 1 is 0.735 bits per heavy atom. The molecule has 2 rings (SSSR count). The van der Waals surface area contributed by atoms with Crippen molar-refractivity contribution in [2.75, 3.05) is 7.11 Å². The minimum atomic E-state index is -5.21. The van der Waals surface area contributed by atoms with E-state index in [9.17, 15) is 49.9 Å². The summed E-state index contributed by atoms with van der Waals surface area (Å²) in [7, 11) is 0.835. The van der Waals surface area contributed by atoms with Crippen LogP contribution in [0.15, 0.2) is 36.4 Å². The van der Waals surface area contributed by atoms with Crippen molar-refractivity contribution < 1.29 is 49.4 Å². The molecule has 0 saturated carbocycles. The van der Waals surface area contributed by atoms with E-state index in [0.717, 1.165) is 13.2 Å². The minimum absolute atomic E-state index is 0.153. The molecule has 182 valence electrons. The molecule has 3 atom stereocenters. The molecule has 4 nitrogen and oxygen atoms in total. The standard InChI is InChI=1S/C21H13F9N2O2/c1-34-18(12-5-14(20(25,26)27)7-15(6-12)21(28,29)30)16(9-32)17(33)11-2-10(8-31)3-13(4-11)19(22,23)24/h2-7,16-18,33H,1H3. The normalized spacial score (nSPS) is 15.2. The monoisotopic (exact) mass is 496 g/mol. The van der Waals surface area contributed by atoms with Crippen LogP contribution in [0.25, 0.3) is 0 Å². The molecule has 0 radical (unpaired) electrons. The van der Waals surface area contributed by atoms with Gasteiger partial charge in [-0.3, -0.25) is 0 Å². The van der Waals surface area contributed by atoms with Gasteiger partial charge in [-0.05, 0) is 47.5 Å². The van der Waals surface area contributed by atoms with Crippen molar-refractivity contribution in [2.24, 2.45) is 5.92 Å². The van der Waals surface area contributed by atoms with Gasteiger partial charge in [0.15, 0.2) is 0 Å². The second kappa shape index (κ2) is 9.52. The Bertz CT molecular complexity index is 1090. The maximum absolute atomic E-state index is 13.2. The van der Waals surface area contributed by atoms with Crippen LogP contribution in [0.3, 0.4) is 0 Å². The molecule has 0 bridgehead atoms. The van der Waals surface area contributed by atoms with Crippen LogP contribution in [0.1, 0.15) is 45.6 Å². The fourth-order valence-electron chi connectivity index (χ4n) is 3.20. The molecular formula is C21H13F9N2O2. The first-order valence-corrected chi connectivity index (χ1v) is 9.05. The summed E-state index contributed by atoms with van der Waals surface area (Å²) in [5.41, 5.74) is -6.73. The number of halogens is 9. The topological polar surface area (TPSA) is 77.0 Å². The summed E-state index contributed by atoms with van der Waals surface area (Å²) in [5.74, 6) is -1.95. The van der Waals surface area contributed by atoms with E-state index in [2.05, 4.69) is 0 Å².